The van der Waals surface area contributed by atoms with Crippen molar-refractivity contribution in [2.75, 3.05) is 85.3 Å². The average Bonchev–Trinajstić information content (AvgIpc) is 1.38. The smallest absolute Gasteiger partial charge is 0.416 e. The van der Waals surface area contributed by atoms with Gasteiger partial charge in [0.15, 0.2) is 0 Å². The van der Waals surface area contributed by atoms with Gasteiger partial charge in [0.05, 0.1) is 0 Å². The fourth-order valence-electron chi connectivity index (χ4n) is 12.6. The van der Waals surface area contributed by atoms with Crippen molar-refractivity contribution in [2.24, 2.45) is 0 Å². The van der Waals surface area contributed by atoms with Crippen molar-refractivity contribution >= 4 is 69.5 Å². The maximum Gasteiger partial charge on any atom is 0.500 e. The lowest BCUT2D eigenvalue weighted by atomic mass is 10.1. The predicted molar refractivity (Wildman–Crippen MR) is 363 cm³/mol. The third-order valence-electron chi connectivity index (χ3n) is 17.9. The van der Waals surface area contributed by atoms with E-state index < -0.39 is 69.5 Å². The lowest BCUT2D eigenvalue weighted by molar-refractivity contribution is 0.122. The second-order valence-corrected chi connectivity index (χ2v) is 51.6. The third-order valence-corrected chi connectivity index (χ3v) is 48.1. The predicted octanol–water partition coefficient (Wildman–Crippen LogP) is 17.9. The molecule has 24 heteroatoms. The molecule has 0 amide bonds. The average molecular weight is 1340 g/mol. The van der Waals surface area contributed by atoms with Gasteiger partial charge in [0.25, 0.3) is 0 Å². The van der Waals surface area contributed by atoms with Gasteiger partial charge < -0.3 is 69.6 Å². The molecule has 0 aromatic carbocycles. The maximum atomic E-state index is 7.73. The monoisotopic (exact) mass is 1340 g/mol. The van der Waals surface area contributed by atoms with Gasteiger partial charge in [-0.05, 0) is 76.0 Å². The lowest BCUT2D eigenvalue weighted by Gasteiger charge is -2.50. The van der Waals surface area contributed by atoms with E-state index in [2.05, 4.69) is 26.2 Å². The topological polar surface area (TPSA) is 148 Å². The van der Waals surface area contributed by atoms with Crippen molar-refractivity contribution in [1.29, 1.82) is 0 Å². The van der Waals surface area contributed by atoms with Gasteiger partial charge in [-0.2, -0.15) is 0 Å². The molecule has 84 heavy (non-hydrogen) atoms. The molecule has 1 rings (SSSR count). The van der Waals surface area contributed by atoms with E-state index in [-0.39, 0.29) is 0 Å². The first-order chi connectivity index (χ1) is 40.4. The number of unbranched alkanes of at least 4 members (excludes halogenated alkanes) is 32. The second-order valence-electron chi connectivity index (χ2n) is 24.9. The molecule has 0 aromatic rings. The molecular weight excluding hydrogens is 1200 g/mol. The summed E-state index contributed by atoms with van der Waals surface area (Å²) in [7, 11) is -0.0942. The fraction of sp³-hybridized carbons (Fsp3) is 1.00. The highest BCUT2D eigenvalue weighted by atomic mass is 28.5. The Morgan fingerprint density at radius 3 is 0.405 bits per heavy atom. The van der Waals surface area contributed by atoms with Gasteiger partial charge in [-0.3, -0.25) is 0 Å². The zero-order valence-corrected chi connectivity index (χ0v) is 65.6. The molecule has 16 nitrogen and oxygen atoms in total. The molecule has 0 bridgehead atoms. The summed E-state index contributed by atoms with van der Waals surface area (Å²) < 4.78 is 98.5. The minimum absolute atomic E-state index is 0.882. The van der Waals surface area contributed by atoms with Gasteiger partial charge in [0.2, 0.25) is 0 Å². The lowest BCUT2D eigenvalue weighted by Crippen LogP contribution is -2.67. The van der Waals surface area contributed by atoms with E-state index in [9.17, 15) is 0 Å². The Balaban J connectivity index is 3.08. The highest BCUT2D eigenvalue weighted by molar-refractivity contribution is 6.94. The van der Waals surface area contributed by atoms with E-state index in [1.807, 2.05) is 0 Å². The van der Waals surface area contributed by atoms with E-state index in [1.165, 1.54) is 180 Å². The van der Waals surface area contributed by atoms with Crippen molar-refractivity contribution in [1.82, 2.24) is 0 Å². The number of hydrogen-bond acceptors (Lipinski definition) is 16. The van der Waals surface area contributed by atoms with Gasteiger partial charge in [0.1, 0.15) is 0 Å². The number of hydrogen-bond donors (Lipinski definition) is 0. The molecule has 0 radical (unpaired) electrons. The van der Waals surface area contributed by atoms with Crippen LogP contribution in [0, 0.1) is 0 Å². The first-order valence-electron chi connectivity index (χ1n) is 33.8. The van der Waals surface area contributed by atoms with Crippen LogP contribution in [0.15, 0.2) is 0 Å². The highest BCUT2D eigenvalue weighted by Crippen LogP contribution is 2.40. The first kappa shape index (κ1) is 83.1. The van der Waals surface area contributed by atoms with Crippen molar-refractivity contribution in [3.63, 3.8) is 0 Å². The van der Waals surface area contributed by atoms with Gasteiger partial charge in [-0.1, -0.05) is 205 Å². The van der Waals surface area contributed by atoms with Gasteiger partial charge in [0, 0.05) is 109 Å². The summed E-state index contributed by atoms with van der Waals surface area (Å²) in [6, 6.07) is 7.58. The molecular formula is C60H136O16Si8. The SMILES string of the molecule is CO[Si](CCCCCCCCCCC[Si]1(C)O[Si](C)(CCCCCCCCCCC[Si](OC)(OC)OC)O[Si](C)(CCCCCCCCCCC[Si](OC)(OC)OC)O[Si](C)(CCCCCCCCCCC[Si](OC)(OC)OC)O1)(OC)OC. The van der Waals surface area contributed by atoms with Gasteiger partial charge in [-0.15, -0.1) is 0 Å². The Morgan fingerprint density at radius 1 is 0.179 bits per heavy atom. The van der Waals surface area contributed by atoms with Crippen molar-refractivity contribution in [3.05, 3.63) is 0 Å². The summed E-state index contributed by atoms with van der Waals surface area (Å²) in [5.74, 6) is 0. The molecule has 0 atom stereocenters. The summed E-state index contributed by atoms with van der Waals surface area (Å²) in [5, 5.41) is 0. The van der Waals surface area contributed by atoms with Crippen molar-refractivity contribution < 1.29 is 69.6 Å². The highest BCUT2D eigenvalue weighted by Gasteiger charge is 2.56. The van der Waals surface area contributed by atoms with Gasteiger partial charge >= 0.3 is 69.5 Å². The minimum atomic E-state index is -2.67. The largest absolute Gasteiger partial charge is 0.500 e. The molecule has 0 saturated carbocycles. The van der Waals surface area contributed by atoms with Crippen LogP contribution in [0.1, 0.15) is 231 Å². The summed E-state index contributed by atoms with van der Waals surface area (Å²) in [6.45, 7) is 9.58. The van der Waals surface area contributed by atoms with Crippen LogP contribution in [0.25, 0.3) is 0 Å². The minimum Gasteiger partial charge on any atom is -0.416 e. The molecule has 504 valence electrons. The van der Waals surface area contributed by atoms with Crippen LogP contribution in [-0.2, 0) is 69.6 Å². The van der Waals surface area contributed by atoms with Crippen LogP contribution in [0.4, 0.5) is 0 Å². The second kappa shape index (κ2) is 48.8. The number of rotatable bonds is 60. The Hall–Kier alpha value is 1.10. The first-order valence-corrected chi connectivity index (χ1v) is 51.6. The van der Waals surface area contributed by atoms with Crippen molar-refractivity contribution in [3.8, 4) is 0 Å². The fourth-order valence-corrected chi connectivity index (χ4v) is 43.4. The third kappa shape index (κ3) is 35.8. The summed E-state index contributed by atoms with van der Waals surface area (Å²) in [4.78, 5) is 0. The molecule has 1 saturated heterocycles. The summed E-state index contributed by atoms with van der Waals surface area (Å²) in [5.41, 5.74) is 0. The molecule has 0 spiro atoms. The standard InChI is InChI=1S/C60H136O16Si8/c1-61-81(62-2,63-3)57-49-41-33-25-17-21-29-37-45-53-77(13)73-78(14,54-46-38-30-22-18-26-34-42-50-58-82(64-4,65-5)66-6)75-80(16,56-48-40-32-24-20-28-36-44-52-60-84(70-10,71-11)72-12)76-79(15,74-77)55-47-39-31-23-19-27-35-43-51-59-83(67-7,68-8)69-9/h17-60H2,1-16H3. The van der Waals surface area contributed by atoms with Crippen LogP contribution >= 0.6 is 0 Å². The molecule has 1 heterocycles. The molecule has 1 aliphatic rings. The summed E-state index contributed by atoms with van der Waals surface area (Å²) in [6.07, 6.45) is 44.0. The van der Waals surface area contributed by atoms with Crippen LogP contribution in [-0.4, -0.2) is 155 Å². The molecule has 1 fully saturated rings. The van der Waals surface area contributed by atoms with Crippen LogP contribution < -0.4 is 0 Å². The van der Waals surface area contributed by atoms with E-state index in [1.54, 1.807) is 85.3 Å². The normalized spacial score (nSPS) is 21.1. The Morgan fingerprint density at radius 2 is 0.286 bits per heavy atom. The maximum absolute atomic E-state index is 7.73. The van der Waals surface area contributed by atoms with E-state index in [0.29, 0.717) is 0 Å². The van der Waals surface area contributed by atoms with Crippen LogP contribution in [0.3, 0.4) is 0 Å². The zero-order valence-electron chi connectivity index (χ0n) is 57.6. The molecule has 0 aromatic heterocycles. The van der Waals surface area contributed by atoms with E-state index in [0.717, 1.165) is 99.7 Å². The van der Waals surface area contributed by atoms with E-state index in [4.69, 9.17) is 69.6 Å². The molecule has 1 aliphatic heterocycles. The Kier molecular flexibility index (Phi) is 48.3. The van der Waals surface area contributed by atoms with Gasteiger partial charge in [-0.25, -0.2) is 0 Å². The van der Waals surface area contributed by atoms with Crippen molar-refractivity contribution in [2.45, 2.75) is 306 Å². The molecule has 0 aliphatic carbocycles. The molecule has 0 N–H and O–H groups in total. The Bertz CT molecular complexity index is 1260. The summed E-state index contributed by atoms with van der Waals surface area (Å²) >= 11 is 0. The quantitative estimate of drug-likeness (QED) is 0.0420. The van der Waals surface area contributed by atoms with Crippen LogP contribution in [0.5, 0.6) is 0 Å². The Labute approximate surface area is 527 Å². The molecule has 0 unspecified atom stereocenters. The van der Waals surface area contributed by atoms with Crippen LogP contribution in [0.2, 0.25) is 74.5 Å². The zero-order chi connectivity index (χ0) is 62.4. The van der Waals surface area contributed by atoms with E-state index >= 15 is 0 Å².